The van der Waals surface area contributed by atoms with Crippen LogP contribution < -0.4 is 20.2 Å². The van der Waals surface area contributed by atoms with Crippen LogP contribution >= 0.6 is 0 Å². The summed E-state index contributed by atoms with van der Waals surface area (Å²) >= 11 is 0. The van der Waals surface area contributed by atoms with Gasteiger partial charge in [-0.2, -0.15) is 0 Å². The van der Waals surface area contributed by atoms with Gasteiger partial charge in [0.25, 0.3) is 5.91 Å². The van der Waals surface area contributed by atoms with E-state index < -0.39 is 17.2 Å². The van der Waals surface area contributed by atoms with E-state index in [1.54, 1.807) is 18.2 Å². The van der Waals surface area contributed by atoms with Crippen LogP contribution in [0.25, 0.3) is 6.08 Å². The zero-order valence-corrected chi connectivity index (χ0v) is 14.7. The molecule has 0 radical (unpaired) electrons. The molecule has 7 heteroatoms. The standard InChI is InChI=1S/C20H18FNO5/c1-3-14(21)9-15-12(2)27-19(10-16(15)23)20(24)22-11-13-4-5-17-18(8-13)26-7-6-25-17/h3-5,8-10H,1,6-7,11H2,2H3,(H,22,24)/b14-9+. The van der Waals surface area contributed by atoms with Gasteiger partial charge in [-0.1, -0.05) is 12.6 Å². The highest BCUT2D eigenvalue weighted by Gasteiger charge is 2.15. The minimum atomic E-state index is -0.666. The number of amides is 1. The Morgan fingerprint density at radius 1 is 1.26 bits per heavy atom. The first-order valence-corrected chi connectivity index (χ1v) is 8.29. The number of ether oxygens (including phenoxy) is 2. The van der Waals surface area contributed by atoms with Crippen LogP contribution in [0.5, 0.6) is 11.5 Å². The zero-order chi connectivity index (χ0) is 19.4. The van der Waals surface area contributed by atoms with Gasteiger partial charge in [0.1, 0.15) is 24.8 Å². The van der Waals surface area contributed by atoms with Gasteiger partial charge in [0.05, 0.1) is 5.56 Å². The molecular formula is C20H18FNO5. The number of rotatable bonds is 5. The molecule has 1 aromatic carbocycles. The van der Waals surface area contributed by atoms with Gasteiger partial charge in [0.15, 0.2) is 22.7 Å². The van der Waals surface area contributed by atoms with Crippen molar-refractivity contribution in [2.24, 2.45) is 0 Å². The molecule has 0 aliphatic carbocycles. The maximum Gasteiger partial charge on any atom is 0.287 e. The van der Waals surface area contributed by atoms with Crippen molar-refractivity contribution in [2.75, 3.05) is 13.2 Å². The topological polar surface area (TPSA) is 77.8 Å². The van der Waals surface area contributed by atoms with Crippen molar-refractivity contribution in [2.45, 2.75) is 13.5 Å². The van der Waals surface area contributed by atoms with Crippen molar-refractivity contribution in [3.8, 4) is 11.5 Å². The molecule has 0 saturated carbocycles. The van der Waals surface area contributed by atoms with Crippen molar-refractivity contribution in [3.63, 3.8) is 0 Å². The molecule has 1 aliphatic heterocycles. The van der Waals surface area contributed by atoms with Crippen LogP contribution in [0, 0.1) is 6.92 Å². The van der Waals surface area contributed by atoms with Crippen LogP contribution in [0.3, 0.4) is 0 Å². The van der Waals surface area contributed by atoms with Gasteiger partial charge in [-0.05, 0) is 36.8 Å². The Hall–Kier alpha value is -3.35. The predicted molar refractivity (Wildman–Crippen MR) is 97.6 cm³/mol. The zero-order valence-electron chi connectivity index (χ0n) is 14.7. The third-order valence-electron chi connectivity index (χ3n) is 3.93. The van der Waals surface area contributed by atoms with Gasteiger partial charge in [0, 0.05) is 12.6 Å². The van der Waals surface area contributed by atoms with Crippen LogP contribution in [0.15, 0.2) is 52.0 Å². The van der Waals surface area contributed by atoms with Crippen LogP contribution in [-0.2, 0) is 6.54 Å². The Balaban J connectivity index is 1.73. The van der Waals surface area contributed by atoms with E-state index in [4.69, 9.17) is 13.9 Å². The van der Waals surface area contributed by atoms with Gasteiger partial charge < -0.3 is 19.2 Å². The molecule has 0 saturated heterocycles. The lowest BCUT2D eigenvalue weighted by molar-refractivity contribution is 0.0919. The van der Waals surface area contributed by atoms with Crippen LogP contribution in [0.4, 0.5) is 4.39 Å². The van der Waals surface area contributed by atoms with E-state index in [2.05, 4.69) is 11.9 Å². The monoisotopic (exact) mass is 371 g/mol. The van der Waals surface area contributed by atoms with E-state index in [1.165, 1.54) is 6.92 Å². The Labute approximate surface area is 154 Å². The summed E-state index contributed by atoms with van der Waals surface area (Å²) in [6.07, 6.45) is 2.00. The molecule has 1 aliphatic rings. The van der Waals surface area contributed by atoms with Crippen molar-refractivity contribution in [3.05, 3.63) is 75.6 Å². The fraction of sp³-hybridized carbons (Fsp3) is 0.200. The number of fused-ring (bicyclic) bond motifs is 1. The highest BCUT2D eigenvalue weighted by atomic mass is 19.1. The molecule has 2 aromatic rings. The van der Waals surface area contributed by atoms with Crippen molar-refractivity contribution < 1.29 is 23.1 Å². The molecule has 0 atom stereocenters. The van der Waals surface area contributed by atoms with Crippen LogP contribution in [-0.4, -0.2) is 19.1 Å². The molecule has 6 nitrogen and oxygen atoms in total. The number of aryl methyl sites for hydroxylation is 1. The van der Waals surface area contributed by atoms with Gasteiger partial charge in [-0.15, -0.1) is 0 Å². The van der Waals surface area contributed by atoms with Gasteiger partial charge in [-0.3, -0.25) is 9.59 Å². The summed E-state index contributed by atoms with van der Waals surface area (Å²) in [6.45, 7) is 5.96. The molecule has 0 spiro atoms. The van der Waals surface area contributed by atoms with E-state index in [1.807, 2.05) is 0 Å². The Morgan fingerprint density at radius 3 is 2.70 bits per heavy atom. The van der Waals surface area contributed by atoms with Gasteiger partial charge in [0.2, 0.25) is 0 Å². The number of nitrogens with one attached hydrogen (secondary N) is 1. The molecule has 3 rings (SSSR count). The Bertz CT molecular complexity index is 977. The fourth-order valence-corrected chi connectivity index (χ4v) is 2.57. The number of halogens is 1. The maximum atomic E-state index is 13.3. The largest absolute Gasteiger partial charge is 0.486 e. The molecular weight excluding hydrogens is 353 g/mol. The first-order chi connectivity index (χ1) is 13.0. The average Bonchev–Trinajstić information content (AvgIpc) is 2.68. The summed E-state index contributed by atoms with van der Waals surface area (Å²) in [5.74, 6) is 0.0605. The van der Waals surface area contributed by atoms with E-state index >= 15 is 0 Å². The second-order valence-corrected chi connectivity index (χ2v) is 5.84. The number of carbonyl (C=O) groups is 1. The van der Waals surface area contributed by atoms with Crippen molar-refractivity contribution >= 4 is 12.0 Å². The minimum Gasteiger partial charge on any atom is -0.486 e. The van der Waals surface area contributed by atoms with Crippen molar-refractivity contribution in [1.82, 2.24) is 5.32 Å². The number of hydrogen-bond acceptors (Lipinski definition) is 5. The lowest BCUT2D eigenvalue weighted by Gasteiger charge is -2.18. The molecule has 0 fully saturated rings. The third-order valence-corrected chi connectivity index (χ3v) is 3.93. The molecule has 0 bridgehead atoms. The van der Waals surface area contributed by atoms with E-state index in [0.717, 1.165) is 23.8 Å². The molecule has 1 aromatic heterocycles. The summed E-state index contributed by atoms with van der Waals surface area (Å²) in [5, 5.41) is 2.67. The maximum absolute atomic E-state index is 13.3. The minimum absolute atomic E-state index is 0.0378. The summed E-state index contributed by atoms with van der Waals surface area (Å²) in [6, 6.07) is 6.40. The Kier molecular flexibility index (Phi) is 5.40. The first kappa shape index (κ1) is 18.4. The molecule has 2 heterocycles. The first-order valence-electron chi connectivity index (χ1n) is 8.29. The third kappa shape index (κ3) is 4.25. The summed E-state index contributed by atoms with van der Waals surface area (Å²) < 4.78 is 29.6. The Morgan fingerprint density at radius 2 is 2.00 bits per heavy atom. The number of hydrogen-bond donors (Lipinski definition) is 1. The second-order valence-electron chi connectivity index (χ2n) is 5.84. The summed E-state index contributed by atoms with van der Waals surface area (Å²) in [4.78, 5) is 24.4. The van der Waals surface area contributed by atoms with Crippen LogP contribution in [0.1, 0.15) is 27.4 Å². The number of allylic oxidation sites excluding steroid dienone is 2. The SMILES string of the molecule is C=C/C(F)=C\c1c(C)oc(C(=O)NCc2ccc3c(c2)OCCO3)cc1=O. The molecule has 1 N–H and O–H groups in total. The van der Waals surface area contributed by atoms with Gasteiger partial charge >= 0.3 is 0 Å². The number of benzene rings is 1. The predicted octanol–water partition coefficient (Wildman–Crippen LogP) is 3.15. The van der Waals surface area contributed by atoms with Gasteiger partial charge in [-0.25, -0.2) is 4.39 Å². The normalized spacial score (nSPS) is 13.2. The van der Waals surface area contributed by atoms with E-state index in [0.29, 0.717) is 24.7 Å². The number of carbonyl (C=O) groups excluding carboxylic acids is 1. The van der Waals surface area contributed by atoms with Crippen molar-refractivity contribution in [1.29, 1.82) is 0 Å². The molecule has 0 unspecified atom stereocenters. The van der Waals surface area contributed by atoms with Crippen LogP contribution in [0.2, 0.25) is 0 Å². The molecule has 140 valence electrons. The smallest absolute Gasteiger partial charge is 0.287 e. The molecule has 27 heavy (non-hydrogen) atoms. The summed E-state index contributed by atoms with van der Waals surface area (Å²) in [7, 11) is 0. The summed E-state index contributed by atoms with van der Waals surface area (Å²) in [5.41, 5.74) is 0.329. The fourth-order valence-electron chi connectivity index (χ4n) is 2.57. The second kappa shape index (κ2) is 7.90. The lowest BCUT2D eigenvalue weighted by Crippen LogP contribution is -2.25. The van der Waals surface area contributed by atoms with E-state index in [-0.39, 0.29) is 23.6 Å². The lowest BCUT2D eigenvalue weighted by atomic mass is 10.1. The van der Waals surface area contributed by atoms with E-state index in [9.17, 15) is 14.0 Å². The molecule has 1 amide bonds. The average molecular weight is 371 g/mol. The highest BCUT2D eigenvalue weighted by Crippen LogP contribution is 2.30. The quantitative estimate of drug-likeness (QED) is 0.817. The highest BCUT2D eigenvalue weighted by molar-refractivity contribution is 5.91.